The molecule has 1 aromatic heterocycles. The molecule has 1 fully saturated rings. The Morgan fingerprint density at radius 1 is 0.977 bits per heavy atom. The van der Waals surface area contributed by atoms with Crippen LogP contribution in [0, 0.1) is 18.8 Å². The molecule has 2 heterocycles. The van der Waals surface area contributed by atoms with Gasteiger partial charge >= 0.3 is 6.09 Å². The Morgan fingerprint density at radius 2 is 1.66 bits per heavy atom. The first-order chi connectivity index (χ1) is 21.1. The number of amides is 2. The normalized spacial score (nSPS) is 16.7. The lowest BCUT2D eigenvalue weighted by Gasteiger charge is -2.22. The molecular weight excluding hydrogens is 552 g/mol. The molecule has 0 bridgehead atoms. The first-order valence-corrected chi connectivity index (χ1v) is 15.0. The van der Waals surface area contributed by atoms with Crippen molar-refractivity contribution >= 4 is 22.9 Å². The van der Waals surface area contributed by atoms with Gasteiger partial charge in [0.1, 0.15) is 11.6 Å². The SMILES string of the molecule is Cc1ccc(C#Cc2ccc(CN3OC(CNC(=O)OC(C)(C)C)CC3C(=O)NCCc3c[nH]c4ccccc34)cc2)cc1. The third kappa shape index (κ3) is 8.50. The standard InChI is InChI=1S/C36H40N4O4/c1-25-9-11-26(12-10-25)13-14-27-15-17-28(18-16-27)24-40-33(21-30(44-40)23-39-35(42)43-36(2,3)4)34(41)37-20-19-29-22-38-32-8-6-5-7-31(29)32/h5-12,15-18,22,30,33,38H,19-21,23-24H2,1-4H3,(H,37,41)(H,39,42). The summed E-state index contributed by atoms with van der Waals surface area (Å²) in [5, 5.41) is 8.76. The van der Waals surface area contributed by atoms with E-state index >= 15 is 0 Å². The van der Waals surface area contributed by atoms with E-state index in [0.717, 1.165) is 33.2 Å². The molecule has 8 nitrogen and oxygen atoms in total. The van der Waals surface area contributed by atoms with Crippen LogP contribution in [-0.4, -0.2) is 52.9 Å². The van der Waals surface area contributed by atoms with Crippen LogP contribution in [0.5, 0.6) is 0 Å². The minimum absolute atomic E-state index is 0.106. The molecule has 0 saturated carbocycles. The van der Waals surface area contributed by atoms with Crippen molar-refractivity contribution in [3.8, 4) is 11.8 Å². The van der Waals surface area contributed by atoms with Gasteiger partial charge in [-0.1, -0.05) is 59.9 Å². The van der Waals surface area contributed by atoms with Crippen molar-refractivity contribution < 1.29 is 19.2 Å². The third-order valence-corrected chi connectivity index (χ3v) is 7.36. The number of aromatic nitrogens is 1. The number of hydrogen-bond acceptors (Lipinski definition) is 5. The van der Waals surface area contributed by atoms with Gasteiger partial charge in [0.2, 0.25) is 5.91 Å². The number of rotatable bonds is 8. The highest BCUT2D eigenvalue weighted by Crippen LogP contribution is 2.24. The second kappa shape index (κ2) is 13.8. The van der Waals surface area contributed by atoms with Crippen molar-refractivity contribution in [1.29, 1.82) is 0 Å². The van der Waals surface area contributed by atoms with Crippen LogP contribution in [-0.2, 0) is 27.3 Å². The fourth-order valence-corrected chi connectivity index (χ4v) is 5.12. The van der Waals surface area contributed by atoms with Crippen LogP contribution < -0.4 is 10.6 Å². The average Bonchev–Trinajstić information content (AvgIpc) is 3.60. The maximum atomic E-state index is 13.4. The number of nitrogens with zero attached hydrogens (tertiary/aromatic N) is 1. The minimum atomic E-state index is -0.601. The first-order valence-electron chi connectivity index (χ1n) is 15.0. The van der Waals surface area contributed by atoms with E-state index in [1.807, 2.05) is 93.7 Å². The Labute approximate surface area is 259 Å². The third-order valence-electron chi connectivity index (χ3n) is 7.36. The van der Waals surface area contributed by atoms with Gasteiger partial charge in [-0.2, -0.15) is 5.06 Å². The number of aromatic amines is 1. The fraction of sp³-hybridized carbons (Fsp3) is 0.333. The number of fused-ring (bicyclic) bond motifs is 1. The fourth-order valence-electron chi connectivity index (χ4n) is 5.12. The molecule has 2 unspecified atom stereocenters. The quantitative estimate of drug-likeness (QED) is 0.231. The Bertz CT molecular complexity index is 1640. The topological polar surface area (TPSA) is 95.7 Å². The van der Waals surface area contributed by atoms with Gasteiger partial charge in [-0.25, -0.2) is 4.79 Å². The highest BCUT2D eigenvalue weighted by Gasteiger charge is 2.38. The van der Waals surface area contributed by atoms with Gasteiger partial charge in [0.25, 0.3) is 0 Å². The van der Waals surface area contributed by atoms with E-state index < -0.39 is 17.7 Å². The predicted molar refractivity (Wildman–Crippen MR) is 172 cm³/mol. The van der Waals surface area contributed by atoms with Gasteiger partial charge in [0.05, 0.1) is 12.6 Å². The summed E-state index contributed by atoms with van der Waals surface area (Å²) < 4.78 is 5.37. The van der Waals surface area contributed by atoms with E-state index in [1.165, 1.54) is 5.56 Å². The van der Waals surface area contributed by atoms with Crippen molar-refractivity contribution in [3.63, 3.8) is 0 Å². The Kier molecular flexibility index (Phi) is 9.69. The van der Waals surface area contributed by atoms with Crippen molar-refractivity contribution in [1.82, 2.24) is 20.7 Å². The number of nitrogens with one attached hydrogen (secondary N) is 3. The molecule has 44 heavy (non-hydrogen) atoms. The summed E-state index contributed by atoms with van der Waals surface area (Å²) in [6, 6.07) is 23.7. The van der Waals surface area contributed by atoms with Gasteiger partial charge in [-0.15, -0.1) is 0 Å². The van der Waals surface area contributed by atoms with Crippen molar-refractivity contribution in [3.05, 3.63) is 107 Å². The molecule has 5 rings (SSSR count). The molecule has 228 valence electrons. The molecule has 2 amide bonds. The summed E-state index contributed by atoms with van der Waals surface area (Å²) in [4.78, 5) is 35.2. The van der Waals surface area contributed by atoms with Gasteiger partial charge < -0.3 is 20.4 Å². The molecule has 1 saturated heterocycles. The molecule has 3 aromatic carbocycles. The van der Waals surface area contributed by atoms with E-state index in [1.54, 1.807) is 5.06 Å². The lowest BCUT2D eigenvalue weighted by Crippen LogP contribution is -2.43. The van der Waals surface area contributed by atoms with E-state index in [9.17, 15) is 9.59 Å². The van der Waals surface area contributed by atoms with Crippen molar-refractivity contribution in [2.24, 2.45) is 0 Å². The number of para-hydroxylation sites is 1. The Hall–Kier alpha value is -4.58. The van der Waals surface area contributed by atoms with Crippen LogP contribution in [0.25, 0.3) is 10.9 Å². The summed E-state index contributed by atoms with van der Waals surface area (Å²) >= 11 is 0. The molecule has 4 aromatic rings. The Morgan fingerprint density at radius 3 is 2.36 bits per heavy atom. The van der Waals surface area contributed by atoms with Crippen LogP contribution in [0.3, 0.4) is 0 Å². The number of carbonyl (C=O) groups is 2. The molecule has 8 heteroatoms. The number of hydrogen-bond donors (Lipinski definition) is 3. The van der Waals surface area contributed by atoms with Crippen LogP contribution >= 0.6 is 0 Å². The second-order valence-electron chi connectivity index (χ2n) is 12.2. The first kappa shape index (κ1) is 30.9. The minimum Gasteiger partial charge on any atom is -0.444 e. The summed E-state index contributed by atoms with van der Waals surface area (Å²) in [5.41, 5.74) is 5.70. The Balaban J connectivity index is 1.22. The number of hydroxylamine groups is 2. The number of aryl methyl sites for hydroxylation is 1. The van der Waals surface area contributed by atoms with Crippen LogP contribution in [0.15, 0.2) is 79.0 Å². The summed E-state index contributed by atoms with van der Waals surface area (Å²) in [7, 11) is 0. The molecule has 0 radical (unpaired) electrons. The van der Waals surface area contributed by atoms with Gasteiger partial charge in [-0.05, 0) is 75.6 Å². The summed E-state index contributed by atoms with van der Waals surface area (Å²) in [6.07, 6.45) is 2.26. The summed E-state index contributed by atoms with van der Waals surface area (Å²) in [5.74, 6) is 6.31. The summed E-state index contributed by atoms with van der Waals surface area (Å²) in [6.45, 7) is 8.65. The molecule has 3 N–H and O–H groups in total. The lowest BCUT2D eigenvalue weighted by atomic mass is 10.1. The molecule has 2 atom stereocenters. The number of H-pyrrole nitrogens is 1. The van der Waals surface area contributed by atoms with Crippen LogP contribution in [0.4, 0.5) is 4.79 Å². The lowest BCUT2D eigenvalue weighted by molar-refractivity contribution is -0.174. The van der Waals surface area contributed by atoms with Gasteiger partial charge in [0.15, 0.2) is 0 Å². The zero-order valence-electron chi connectivity index (χ0n) is 25.8. The number of ether oxygens (including phenoxy) is 1. The zero-order chi connectivity index (χ0) is 31.1. The second-order valence-corrected chi connectivity index (χ2v) is 12.2. The highest BCUT2D eigenvalue weighted by atomic mass is 16.7. The van der Waals surface area contributed by atoms with Crippen molar-refractivity contribution in [2.75, 3.05) is 13.1 Å². The van der Waals surface area contributed by atoms with E-state index in [-0.39, 0.29) is 18.6 Å². The molecule has 1 aliphatic rings. The van der Waals surface area contributed by atoms with E-state index in [2.05, 4.69) is 40.4 Å². The zero-order valence-corrected chi connectivity index (χ0v) is 25.8. The molecule has 0 aliphatic carbocycles. The maximum Gasteiger partial charge on any atom is 0.407 e. The van der Waals surface area contributed by atoms with Crippen LogP contribution in [0.1, 0.15) is 55.0 Å². The highest BCUT2D eigenvalue weighted by molar-refractivity contribution is 5.84. The largest absolute Gasteiger partial charge is 0.444 e. The van der Waals surface area contributed by atoms with E-state index in [0.29, 0.717) is 25.9 Å². The molecule has 0 spiro atoms. The van der Waals surface area contributed by atoms with Gasteiger partial charge in [0, 0.05) is 47.7 Å². The predicted octanol–water partition coefficient (Wildman–Crippen LogP) is 5.63. The maximum absolute atomic E-state index is 13.4. The van der Waals surface area contributed by atoms with Crippen LogP contribution in [0.2, 0.25) is 0 Å². The monoisotopic (exact) mass is 592 g/mol. The average molecular weight is 593 g/mol. The smallest absolute Gasteiger partial charge is 0.407 e. The number of benzene rings is 3. The number of alkyl carbamates (subject to hydrolysis) is 1. The number of carbonyl (C=O) groups excluding carboxylic acids is 2. The van der Waals surface area contributed by atoms with Crippen molar-refractivity contribution in [2.45, 2.75) is 64.8 Å². The van der Waals surface area contributed by atoms with Gasteiger partial charge in [-0.3, -0.25) is 9.63 Å². The molecular formula is C36H40N4O4. The molecule has 1 aliphatic heterocycles. The van der Waals surface area contributed by atoms with E-state index in [4.69, 9.17) is 9.57 Å².